The molecule has 0 aliphatic heterocycles. The highest BCUT2D eigenvalue weighted by Gasteiger charge is 1.98. The van der Waals surface area contributed by atoms with Crippen LogP contribution in [0.5, 0.6) is 0 Å². The Labute approximate surface area is 108 Å². The Morgan fingerprint density at radius 3 is 2.17 bits per heavy atom. The molecule has 1 N–H and O–H groups in total. The van der Waals surface area contributed by atoms with E-state index in [2.05, 4.69) is 20.0 Å². The fourth-order valence-electron chi connectivity index (χ4n) is 1.61. The Hall–Kier alpha value is -0.530. The van der Waals surface area contributed by atoms with Gasteiger partial charge in [0.25, 0.3) is 0 Å². The largest absolute Gasteiger partial charge is 0.300 e. The van der Waals surface area contributed by atoms with Crippen LogP contribution in [-0.4, -0.2) is 17.6 Å². The van der Waals surface area contributed by atoms with Crippen molar-refractivity contribution < 1.29 is 30.1 Å². The van der Waals surface area contributed by atoms with E-state index in [1.165, 1.54) is 12.8 Å². The van der Waals surface area contributed by atoms with Gasteiger partial charge in [-0.2, -0.15) is 0 Å². The average molecular weight is 264 g/mol. The van der Waals surface area contributed by atoms with Crippen molar-refractivity contribution in [1.82, 2.24) is 0 Å². The summed E-state index contributed by atoms with van der Waals surface area (Å²) in [6.07, 6.45) is 8.95. The van der Waals surface area contributed by atoms with Crippen LogP contribution in [-0.2, 0) is 24.8 Å². The van der Waals surface area contributed by atoms with Crippen molar-refractivity contribution in [2.75, 3.05) is 6.61 Å². The second-order valence-electron chi connectivity index (χ2n) is 4.15. The Morgan fingerprint density at radius 2 is 1.56 bits per heavy atom. The third kappa shape index (κ3) is 13.5. The summed E-state index contributed by atoms with van der Waals surface area (Å²) >= 11 is 0. The van der Waals surface area contributed by atoms with Crippen LogP contribution in [0.1, 0.15) is 64.7 Å². The molecule has 0 fully saturated rings. The first-order valence-corrected chi connectivity index (χ1v) is 6.59. The molecule has 0 bridgehead atoms. The van der Waals surface area contributed by atoms with E-state index in [0.717, 1.165) is 38.5 Å². The predicted octanol–water partition coefficient (Wildman–Crippen LogP) is 3.37. The molecule has 0 heterocycles. The van der Waals surface area contributed by atoms with Crippen LogP contribution < -0.4 is 0 Å². The third-order valence-corrected chi connectivity index (χ3v) is 2.68. The molecule has 6 nitrogen and oxygen atoms in total. The van der Waals surface area contributed by atoms with E-state index in [9.17, 15) is 4.79 Å². The zero-order valence-electron chi connectivity index (χ0n) is 11.1. The van der Waals surface area contributed by atoms with Gasteiger partial charge in [-0.1, -0.05) is 39.0 Å². The molecule has 0 radical (unpaired) electrons. The van der Waals surface area contributed by atoms with Gasteiger partial charge in [-0.3, -0.25) is 4.79 Å². The lowest BCUT2D eigenvalue weighted by Crippen LogP contribution is -1.98. The fourth-order valence-corrected chi connectivity index (χ4v) is 1.61. The van der Waals surface area contributed by atoms with Gasteiger partial charge >= 0.3 is 0 Å². The first kappa shape index (κ1) is 17.5. The van der Waals surface area contributed by atoms with Crippen LogP contribution in [0.2, 0.25) is 0 Å². The van der Waals surface area contributed by atoms with Crippen LogP contribution in [0, 0.1) is 0 Å². The standard InChI is InChI=1S/C12H24O6/c1-2-12(13)10-8-6-4-3-5-7-9-11-15-17-18-16-14/h14H,2-11H2,1H3. The topological polar surface area (TPSA) is 74.2 Å². The third-order valence-electron chi connectivity index (χ3n) is 2.68. The number of hydrogen-bond donors (Lipinski definition) is 1. The molecule has 0 aliphatic rings. The van der Waals surface area contributed by atoms with Gasteiger partial charge < -0.3 is 0 Å². The Kier molecular flexibility index (Phi) is 14.1. The van der Waals surface area contributed by atoms with Crippen molar-refractivity contribution in [3.05, 3.63) is 0 Å². The van der Waals surface area contributed by atoms with Crippen molar-refractivity contribution in [3.8, 4) is 0 Å². The first-order chi connectivity index (χ1) is 8.81. The van der Waals surface area contributed by atoms with Gasteiger partial charge in [0.1, 0.15) is 5.78 Å². The van der Waals surface area contributed by atoms with E-state index in [-0.39, 0.29) is 0 Å². The maximum absolute atomic E-state index is 11.0. The highest BCUT2D eigenvalue weighted by molar-refractivity contribution is 5.77. The van der Waals surface area contributed by atoms with Crippen LogP contribution in [0.3, 0.4) is 0 Å². The molecule has 0 spiro atoms. The summed E-state index contributed by atoms with van der Waals surface area (Å²) in [5.74, 6) is 0.362. The Balaban J connectivity index is 2.97. The zero-order valence-corrected chi connectivity index (χ0v) is 11.1. The molecule has 0 aromatic rings. The van der Waals surface area contributed by atoms with Crippen LogP contribution in [0.15, 0.2) is 0 Å². The van der Waals surface area contributed by atoms with Gasteiger partial charge in [0.15, 0.2) is 0 Å². The highest BCUT2D eigenvalue weighted by atomic mass is 17.8. The fraction of sp³-hybridized carbons (Fsp3) is 0.917. The van der Waals surface area contributed by atoms with Gasteiger partial charge in [0, 0.05) is 12.8 Å². The van der Waals surface area contributed by atoms with Crippen molar-refractivity contribution in [2.45, 2.75) is 64.7 Å². The lowest BCUT2D eigenvalue weighted by atomic mass is 10.1. The summed E-state index contributed by atoms with van der Waals surface area (Å²) in [7, 11) is 0. The van der Waals surface area contributed by atoms with Gasteiger partial charge in [-0.15, -0.1) is 0 Å². The zero-order chi connectivity index (χ0) is 13.5. The molecule has 0 aromatic carbocycles. The summed E-state index contributed by atoms with van der Waals surface area (Å²) < 4.78 is 0. The normalized spacial score (nSPS) is 10.8. The maximum Gasteiger partial charge on any atom is 0.132 e. The molecule has 6 heteroatoms. The molecule has 0 unspecified atom stereocenters. The van der Waals surface area contributed by atoms with Crippen LogP contribution >= 0.6 is 0 Å². The number of carbonyl (C=O) groups excluding carboxylic acids is 1. The molecule has 0 aromatic heterocycles. The summed E-state index contributed by atoms with van der Waals surface area (Å²) in [6.45, 7) is 2.31. The van der Waals surface area contributed by atoms with Gasteiger partial charge in [0.2, 0.25) is 0 Å². The van der Waals surface area contributed by atoms with Crippen molar-refractivity contribution in [3.63, 3.8) is 0 Å². The van der Waals surface area contributed by atoms with E-state index < -0.39 is 0 Å². The Bertz CT molecular complexity index is 185. The molecule has 0 amide bonds. The number of carbonyl (C=O) groups is 1. The monoisotopic (exact) mass is 264 g/mol. The molecule has 0 aliphatic carbocycles. The lowest BCUT2D eigenvalue weighted by molar-refractivity contribution is -0.702. The molecule has 0 rings (SSSR count). The summed E-state index contributed by atoms with van der Waals surface area (Å²) in [5.41, 5.74) is 0. The second kappa shape index (κ2) is 14.5. The van der Waals surface area contributed by atoms with Crippen molar-refractivity contribution in [1.29, 1.82) is 0 Å². The van der Waals surface area contributed by atoms with Gasteiger partial charge in [-0.25, -0.2) is 10.1 Å². The summed E-state index contributed by atoms with van der Waals surface area (Å²) in [6, 6.07) is 0. The number of Topliss-reactive ketones (excluding diaryl/α,β-unsaturated/α-hetero) is 1. The smallest absolute Gasteiger partial charge is 0.132 e. The molecule has 0 saturated carbocycles. The molecular formula is C12H24O6. The van der Waals surface area contributed by atoms with E-state index in [0.29, 0.717) is 18.8 Å². The number of hydrogen-bond acceptors (Lipinski definition) is 6. The van der Waals surface area contributed by atoms with Crippen LogP contribution in [0.25, 0.3) is 0 Å². The molecule has 0 atom stereocenters. The summed E-state index contributed by atoms with van der Waals surface area (Å²) in [5, 5.41) is 18.5. The quantitative estimate of drug-likeness (QED) is 0.294. The minimum absolute atomic E-state index is 0.362. The van der Waals surface area contributed by atoms with Crippen molar-refractivity contribution in [2.24, 2.45) is 0 Å². The highest BCUT2D eigenvalue weighted by Crippen LogP contribution is 2.09. The second-order valence-corrected chi connectivity index (χ2v) is 4.15. The molecule has 18 heavy (non-hydrogen) atoms. The number of rotatable bonds is 14. The van der Waals surface area contributed by atoms with Crippen LogP contribution in [0.4, 0.5) is 0 Å². The predicted molar refractivity (Wildman–Crippen MR) is 64.1 cm³/mol. The van der Waals surface area contributed by atoms with E-state index in [1.54, 1.807) is 0 Å². The minimum Gasteiger partial charge on any atom is -0.300 e. The molecule has 0 saturated heterocycles. The van der Waals surface area contributed by atoms with Gasteiger partial charge in [0.05, 0.1) is 6.61 Å². The first-order valence-electron chi connectivity index (χ1n) is 6.59. The van der Waals surface area contributed by atoms with E-state index in [4.69, 9.17) is 5.26 Å². The maximum atomic E-state index is 11.0. The average Bonchev–Trinajstić information content (AvgIpc) is 2.39. The molecular weight excluding hydrogens is 240 g/mol. The minimum atomic E-state index is 0.362. The van der Waals surface area contributed by atoms with E-state index in [1.807, 2.05) is 6.92 Å². The van der Waals surface area contributed by atoms with Crippen molar-refractivity contribution >= 4 is 5.78 Å². The van der Waals surface area contributed by atoms with E-state index >= 15 is 0 Å². The summed E-state index contributed by atoms with van der Waals surface area (Å²) in [4.78, 5) is 15.5. The lowest BCUT2D eigenvalue weighted by Gasteiger charge is -2.02. The molecule has 108 valence electrons. The number of ketones is 1. The Morgan fingerprint density at radius 1 is 0.944 bits per heavy atom. The van der Waals surface area contributed by atoms with Gasteiger partial charge in [-0.05, 0) is 28.0 Å². The SMILES string of the molecule is CCC(=O)CCCCCCCCCOOOOO. The number of unbranched alkanes of at least 4 members (excludes halogenated alkanes) is 6.